The van der Waals surface area contributed by atoms with E-state index in [9.17, 15) is 33.7 Å². The molecule has 4 heterocycles. The average Bonchev–Trinajstić information content (AvgIpc) is 3.80. The lowest BCUT2D eigenvalue weighted by molar-refractivity contribution is -0.119. The van der Waals surface area contributed by atoms with Gasteiger partial charge < -0.3 is 38.8 Å². The number of aromatic carboxylic acids is 1. The van der Waals surface area contributed by atoms with E-state index < -0.39 is 54.6 Å². The van der Waals surface area contributed by atoms with Crippen LogP contribution in [0.15, 0.2) is 35.3 Å². The van der Waals surface area contributed by atoms with Crippen LogP contribution in [0.2, 0.25) is 0 Å². The third-order valence-electron chi connectivity index (χ3n) is 8.56. The van der Waals surface area contributed by atoms with Crippen LogP contribution in [-0.4, -0.2) is 82.0 Å². The number of fused-ring (bicyclic) bond motifs is 1. The molecule has 2 saturated heterocycles. The number of carboxylic acids is 1. The van der Waals surface area contributed by atoms with Gasteiger partial charge in [-0.2, -0.15) is 0 Å². The quantitative estimate of drug-likeness (QED) is 0.250. The summed E-state index contributed by atoms with van der Waals surface area (Å²) in [5.41, 5.74) is -2.30. The van der Waals surface area contributed by atoms with Gasteiger partial charge in [0.1, 0.15) is 29.5 Å². The zero-order valence-corrected chi connectivity index (χ0v) is 26.6. The fourth-order valence-corrected chi connectivity index (χ4v) is 6.54. The molecule has 0 bridgehead atoms. The Morgan fingerprint density at radius 1 is 1.17 bits per heavy atom. The second-order valence-electron chi connectivity index (χ2n) is 12.0. The molecule has 6 rings (SSSR count). The molecule has 1 saturated carbocycles. The molecule has 3 N–H and O–H groups in total. The molecule has 1 aliphatic carbocycles. The SMILES string of the molecule is CC(=O)NC[C@H]1CN(c2ccc(OCC3(O[PH](=O)O)CCN(c4nc5c(cc4F)c(=O)c(C(=O)O)cn5C4CC4)CC3)c(F)c2)C(=O)O1. The van der Waals surface area contributed by atoms with Crippen LogP contribution >= 0.6 is 8.25 Å². The third kappa shape index (κ3) is 6.84. The number of aromatic nitrogens is 2. The van der Waals surface area contributed by atoms with Gasteiger partial charge >= 0.3 is 20.3 Å². The molecule has 1 aromatic carbocycles. The number of hydrogen-bond donors (Lipinski definition) is 3. The fourth-order valence-electron chi connectivity index (χ4n) is 5.91. The summed E-state index contributed by atoms with van der Waals surface area (Å²) < 4.78 is 60.3. The predicted molar refractivity (Wildman–Crippen MR) is 166 cm³/mol. The van der Waals surface area contributed by atoms with Crippen molar-refractivity contribution in [1.82, 2.24) is 14.9 Å². The number of halogens is 2. The lowest BCUT2D eigenvalue weighted by atomic mass is 9.92. The molecular weight excluding hydrogens is 659 g/mol. The molecule has 3 fully saturated rings. The number of ether oxygens (including phenoxy) is 2. The molecule has 2 aliphatic heterocycles. The number of cyclic esters (lactones) is 1. The highest BCUT2D eigenvalue weighted by Crippen LogP contribution is 2.39. The van der Waals surface area contributed by atoms with Crippen LogP contribution in [0.4, 0.5) is 25.1 Å². The van der Waals surface area contributed by atoms with E-state index in [-0.39, 0.29) is 85.9 Å². The Labute approximate surface area is 271 Å². The predicted octanol–water partition coefficient (Wildman–Crippen LogP) is 2.99. The van der Waals surface area contributed by atoms with E-state index in [4.69, 9.17) is 14.0 Å². The van der Waals surface area contributed by atoms with Gasteiger partial charge in [-0.1, -0.05) is 0 Å². The molecule has 18 heteroatoms. The van der Waals surface area contributed by atoms with E-state index in [0.29, 0.717) is 0 Å². The van der Waals surface area contributed by atoms with Gasteiger partial charge in [0, 0.05) is 38.3 Å². The molecular formula is C30H32F2N5O10P. The Bertz CT molecular complexity index is 1880. The monoisotopic (exact) mass is 691 g/mol. The molecule has 3 aromatic rings. The normalized spacial score (nSPS) is 19.7. The number of nitrogens with zero attached hydrogens (tertiary/aromatic N) is 4. The van der Waals surface area contributed by atoms with Crippen LogP contribution < -0.4 is 25.3 Å². The number of hydrogen-bond acceptors (Lipinski definition) is 10. The van der Waals surface area contributed by atoms with E-state index >= 15 is 8.78 Å². The summed E-state index contributed by atoms with van der Waals surface area (Å²) in [5.74, 6) is -3.64. The number of nitrogens with one attached hydrogen (secondary N) is 1. The van der Waals surface area contributed by atoms with E-state index in [2.05, 4.69) is 10.3 Å². The molecule has 2 amide bonds. The Hall–Kier alpha value is -4.60. The van der Waals surface area contributed by atoms with Crippen LogP contribution in [0.25, 0.3) is 11.0 Å². The number of carbonyl (C=O) groups is 3. The van der Waals surface area contributed by atoms with Crippen molar-refractivity contribution in [3.05, 3.63) is 57.9 Å². The minimum Gasteiger partial charge on any atom is -0.487 e. The van der Waals surface area contributed by atoms with Gasteiger partial charge in [-0.3, -0.25) is 19.1 Å². The Balaban J connectivity index is 1.16. The highest BCUT2D eigenvalue weighted by atomic mass is 31.1. The lowest BCUT2D eigenvalue weighted by Crippen LogP contribution is -2.49. The van der Waals surface area contributed by atoms with Crippen molar-refractivity contribution in [3.63, 3.8) is 0 Å². The highest BCUT2D eigenvalue weighted by molar-refractivity contribution is 7.32. The van der Waals surface area contributed by atoms with Crippen LogP contribution in [0, 0.1) is 11.6 Å². The minimum absolute atomic E-state index is 0.0610. The summed E-state index contributed by atoms with van der Waals surface area (Å²) in [7, 11) is -3.49. The van der Waals surface area contributed by atoms with Crippen LogP contribution in [-0.2, 0) is 18.6 Å². The summed E-state index contributed by atoms with van der Waals surface area (Å²) >= 11 is 0. The van der Waals surface area contributed by atoms with Crippen molar-refractivity contribution in [1.29, 1.82) is 0 Å². The summed E-state index contributed by atoms with van der Waals surface area (Å²) in [6, 6.07) is 4.74. The second-order valence-corrected chi connectivity index (χ2v) is 12.7. The summed E-state index contributed by atoms with van der Waals surface area (Å²) in [5, 5.41) is 11.9. The summed E-state index contributed by atoms with van der Waals surface area (Å²) in [6.07, 6.45) is 1.54. The van der Waals surface area contributed by atoms with Gasteiger partial charge in [-0.05, 0) is 43.9 Å². The number of rotatable bonds is 11. The molecule has 1 unspecified atom stereocenters. The van der Waals surface area contributed by atoms with E-state index in [0.717, 1.165) is 25.0 Å². The molecule has 2 aromatic heterocycles. The Morgan fingerprint density at radius 2 is 1.90 bits per heavy atom. The maximum atomic E-state index is 15.4. The largest absolute Gasteiger partial charge is 0.487 e. The molecule has 15 nitrogen and oxygen atoms in total. The number of anilines is 2. The zero-order valence-electron chi connectivity index (χ0n) is 25.6. The lowest BCUT2D eigenvalue weighted by Gasteiger charge is -2.41. The zero-order chi connectivity index (χ0) is 34.3. The van der Waals surface area contributed by atoms with Gasteiger partial charge in [0.05, 0.1) is 24.2 Å². The van der Waals surface area contributed by atoms with Gasteiger partial charge in [0.15, 0.2) is 23.2 Å². The first-order valence-electron chi connectivity index (χ1n) is 15.1. The van der Waals surface area contributed by atoms with Crippen molar-refractivity contribution in [2.75, 3.05) is 42.6 Å². The maximum Gasteiger partial charge on any atom is 0.414 e. The topological polar surface area (TPSA) is 190 Å². The second kappa shape index (κ2) is 13.1. The molecule has 0 spiro atoms. The molecule has 256 valence electrons. The fraction of sp³-hybridized carbons (Fsp3) is 0.433. The first-order chi connectivity index (χ1) is 22.8. The first kappa shape index (κ1) is 33.3. The number of piperidine rings is 1. The molecule has 2 atom stereocenters. The standard InChI is InChI=1S/C30H32F2N5O10P/c1-16(38)33-12-19-13-37(29(42)46-19)18-4-5-24(22(31)10-18)45-15-30(47-48(43)44)6-8-35(9-7-30)27-23(32)11-20-25(39)21(28(40)41)14-36(17-2-3-17)26(20)34-27/h4-5,10-11,14,17,19,48H,2-3,6-9,12-13,15H2,1H3,(H,33,38)(H,40,41)(H,43,44)/t19-/m0/s1. The van der Waals surface area contributed by atoms with Gasteiger partial charge in [0.25, 0.3) is 0 Å². The average molecular weight is 692 g/mol. The summed E-state index contributed by atoms with van der Waals surface area (Å²) in [4.78, 5) is 64.9. The van der Waals surface area contributed by atoms with E-state index in [1.54, 1.807) is 9.47 Å². The molecule has 3 aliphatic rings. The summed E-state index contributed by atoms with van der Waals surface area (Å²) in [6.45, 7) is 1.38. The Kier molecular flexibility index (Phi) is 9.11. The van der Waals surface area contributed by atoms with Crippen molar-refractivity contribution < 1.29 is 51.7 Å². The highest BCUT2D eigenvalue weighted by Gasteiger charge is 2.40. The van der Waals surface area contributed by atoms with Crippen molar-refractivity contribution in [2.45, 2.75) is 50.4 Å². The number of carbonyl (C=O) groups excluding carboxylic acids is 2. The van der Waals surface area contributed by atoms with Crippen molar-refractivity contribution in [3.8, 4) is 5.75 Å². The first-order valence-corrected chi connectivity index (χ1v) is 16.4. The smallest absolute Gasteiger partial charge is 0.414 e. The third-order valence-corrected chi connectivity index (χ3v) is 9.17. The Morgan fingerprint density at radius 3 is 2.52 bits per heavy atom. The molecule has 0 radical (unpaired) electrons. The minimum atomic E-state index is -3.49. The maximum absolute atomic E-state index is 15.4. The van der Waals surface area contributed by atoms with E-state index in [1.165, 1.54) is 30.2 Å². The number of carboxylic acid groups (broad SMARTS) is 1. The van der Waals surface area contributed by atoms with Gasteiger partial charge in [-0.15, -0.1) is 0 Å². The number of pyridine rings is 2. The number of amides is 2. The van der Waals surface area contributed by atoms with Crippen molar-refractivity contribution in [2.24, 2.45) is 0 Å². The van der Waals surface area contributed by atoms with E-state index in [1.807, 2.05) is 0 Å². The van der Waals surface area contributed by atoms with Gasteiger partial charge in [-0.25, -0.2) is 23.4 Å². The van der Waals surface area contributed by atoms with Crippen LogP contribution in [0.5, 0.6) is 5.75 Å². The number of benzene rings is 1. The van der Waals surface area contributed by atoms with Gasteiger partial charge in [0.2, 0.25) is 11.3 Å². The van der Waals surface area contributed by atoms with Crippen LogP contribution in [0.3, 0.4) is 0 Å². The van der Waals surface area contributed by atoms with Crippen molar-refractivity contribution >= 4 is 48.8 Å². The van der Waals surface area contributed by atoms with Crippen LogP contribution in [0.1, 0.15) is 49.0 Å². The molecule has 48 heavy (non-hydrogen) atoms.